The second-order valence-electron chi connectivity index (χ2n) is 14.2. The van der Waals surface area contributed by atoms with Crippen LogP contribution in [0.4, 0.5) is 10.2 Å². The first-order chi connectivity index (χ1) is 22.6. The van der Waals surface area contributed by atoms with Gasteiger partial charge in [-0.25, -0.2) is 14.4 Å². The van der Waals surface area contributed by atoms with Crippen molar-refractivity contribution < 1.29 is 22.3 Å². The van der Waals surface area contributed by atoms with Crippen molar-refractivity contribution in [2.45, 2.75) is 84.2 Å². The van der Waals surface area contributed by atoms with Gasteiger partial charge in [0.15, 0.2) is 11.6 Å². The number of halogens is 1. The molecule has 1 aliphatic carbocycles. The summed E-state index contributed by atoms with van der Waals surface area (Å²) in [5.41, 5.74) is 0.416. The molecular weight excluding hydrogens is 621 g/mol. The number of benzene rings is 1. The quantitative estimate of drug-likeness (QED) is 0.367. The highest BCUT2D eigenvalue weighted by Crippen LogP contribution is 2.45. The number of likely N-dealkylation sites (tertiary alicyclic amines) is 1. The summed E-state index contributed by atoms with van der Waals surface area (Å²) in [6.07, 6.45) is 11.2. The molecule has 4 heterocycles. The normalized spacial score (nSPS) is 23.6. The van der Waals surface area contributed by atoms with Crippen LogP contribution in [0.1, 0.15) is 82.5 Å². The number of carbonyl (C=O) groups excluding carboxylic acids is 1. The Hall–Kier alpha value is -2.87. The summed E-state index contributed by atoms with van der Waals surface area (Å²) in [6, 6.07) is 4.06. The van der Waals surface area contributed by atoms with Gasteiger partial charge in [0, 0.05) is 56.8 Å². The van der Waals surface area contributed by atoms with E-state index in [0.717, 1.165) is 84.1 Å². The number of nitrogens with one attached hydrogen (secondary N) is 1. The van der Waals surface area contributed by atoms with Gasteiger partial charge in [0.2, 0.25) is 0 Å². The molecule has 0 radical (unpaired) electrons. The zero-order valence-electron chi connectivity index (χ0n) is 28.0. The molecule has 258 valence electrons. The first kappa shape index (κ1) is 34.0. The molecule has 1 aromatic heterocycles. The van der Waals surface area contributed by atoms with Crippen LogP contribution in [0.5, 0.6) is 11.5 Å². The largest absolute Gasteiger partial charge is 0.451 e. The molecule has 6 rings (SSSR count). The van der Waals surface area contributed by atoms with E-state index in [9.17, 15) is 17.6 Å². The van der Waals surface area contributed by atoms with Crippen molar-refractivity contribution in [2.24, 2.45) is 11.3 Å². The molecule has 0 bridgehead atoms. The van der Waals surface area contributed by atoms with Gasteiger partial charge in [-0.15, -0.1) is 0 Å². The fraction of sp³-hybridized carbons (Fsp3) is 0.676. The fourth-order valence-corrected chi connectivity index (χ4v) is 9.42. The summed E-state index contributed by atoms with van der Waals surface area (Å²) >= 11 is 0. The van der Waals surface area contributed by atoms with Gasteiger partial charge in [-0.05, 0) is 109 Å². The number of hydrogen-bond donors (Lipinski definition) is 1. The number of carbonyl (C=O) groups is 1. The fourth-order valence-electron chi connectivity index (χ4n) is 7.88. The third-order valence-electron chi connectivity index (χ3n) is 10.6. The number of hydrogen-bond acceptors (Lipinski definition) is 8. The van der Waals surface area contributed by atoms with E-state index in [1.165, 1.54) is 24.5 Å². The number of nitrogens with zero attached hydrogens (tertiary/aromatic N) is 6. The number of anilines is 1. The standard InChI is InChI=1S/C34H50FN7O4S/c1-4-42(25(2)3)33(43)29-19-27(35)9-12-30(29)46-31-20-36-24-37-32(31)40-22-34(23-40)13-17-39(18-14-34)21-26-7-10-28(11-8-26)38-47(44,45)41-15-5-6-16-41/h9,12,19-20,24-26,28,38H,4-8,10-11,13-18,21-23H2,1-3H3/t26-,28-. The Labute approximate surface area is 279 Å². The summed E-state index contributed by atoms with van der Waals surface area (Å²) in [5, 5.41) is 0. The predicted molar refractivity (Wildman–Crippen MR) is 179 cm³/mol. The Morgan fingerprint density at radius 1 is 1.09 bits per heavy atom. The molecule has 0 atom stereocenters. The first-order valence-corrected chi connectivity index (χ1v) is 18.8. The lowest BCUT2D eigenvalue weighted by Crippen LogP contribution is -2.61. The molecule has 47 heavy (non-hydrogen) atoms. The van der Waals surface area contributed by atoms with Crippen LogP contribution in [0, 0.1) is 17.2 Å². The average Bonchev–Trinajstić information content (AvgIpc) is 3.59. The maximum absolute atomic E-state index is 14.3. The van der Waals surface area contributed by atoms with E-state index in [1.54, 1.807) is 15.4 Å². The second-order valence-corrected chi connectivity index (χ2v) is 15.9. The molecule has 1 saturated carbocycles. The molecule has 0 unspecified atom stereocenters. The smallest absolute Gasteiger partial charge is 0.279 e. The predicted octanol–water partition coefficient (Wildman–Crippen LogP) is 4.67. The Bertz CT molecular complexity index is 1500. The number of piperidine rings is 1. The highest BCUT2D eigenvalue weighted by Gasteiger charge is 2.46. The van der Waals surface area contributed by atoms with Crippen LogP contribution in [0.15, 0.2) is 30.7 Å². The Morgan fingerprint density at radius 3 is 2.45 bits per heavy atom. The highest BCUT2D eigenvalue weighted by molar-refractivity contribution is 7.87. The molecule has 3 saturated heterocycles. The van der Waals surface area contributed by atoms with E-state index in [1.807, 2.05) is 20.8 Å². The topological polar surface area (TPSA) is 111 Å². The number of amides is 1. The minimum atomic E-state index is -3.35. The number of rotatable bonds is 11. The van der Waals surface area contributed by atoms with Crippen molar-refractivity contribution in [3.8, 4) is 11.5 Å². The van der Waals surface area contributed by atoms with Crippen LogP contribution in [-0.2, 0) is 10.2 Å². The highest BCUT2D eigenvalue weighted by atomic mass is 32.2. The number of ether oxygens (including phenoxy) is 1. The van der Waals surface area contributed by atoms with E-state index in [0.29, 0.717) is 37.1 Å². The van der Waals surface area contributed by atoms with Crippen molar-refractivity contribution in [2.75, 3.05) is 57.3 Å². The third kappa shape index (κ3) is 7.73. The van der Waals surface area contributed by atoms with Crippen molar-refractivity contribution in [1.82, 2.24) is 28.8 Å². The molecule has 1 amide bonds. The van der Waals surface area contributed by atoms with Gasteiger partial charge in [0.05, 0.1) is 11.8 Å². The van der Waals surface area contributed by atoms with E-state index < -0.39 is 16.0 Å². The lowest BCUT2D eigenvalue weighted by atomic mass is 9.71. The molecule has 1 spiro atoms. The van der Waals surface area contributed by atoms with Gasteiger partial charge in [-0.3, -0.25) is 4.79 Å². The molecule has 3 aliphatic heterocycles. The lowest BCUT2D eigenvalue weighted by molar-refractivity contribution is 0.0617. The van der Waals surface area contributed by atoms with E-state index in [2.05, 4.69) is 24.5 Å². The van der Waals surface area contributed by atoms with Gasteiger partial charge in [0.25, 0.3) is 16.1 Å². The molecule has 4 aliphatic rings. The van der Waals surface area contributed by atoms with E-state index in [4.69, 9.17) is 4.74 Å². The monoisotopic (exact) mass is 671 g/mol. The van der Waals surface area contributed by atoms with Crippen molar-refractivity contribution >= 4 is 21.9 Å². The summed E-state index contributed by atoms with van der Waals surface area (Å²) in [5.74, 6) is 1.27. The van der Waals surface area contributed by atoms with E-state index in [-0.39, 0.29) is 34.7 Å². The van der Waals surface area contributed by atoms with Crippen LogP contribution in [-0.4, -0.2) is 103 Å². The zero-order chi connectivity index (χ0) is 33.2. The average molecular weight is 672 g/mol. The van der Waals surface area contributed by atoms with E-state index >= 15 is 0 Å². The van der Waals surface area contributed by atoms with Gasteiger partial charge in [-0.2, -0.15) is 17.4 Å². The van der Waals surface area contributed by atoms with Crippen LogP contribution in [0.25, 0.3) is 0 Å². The summed E-state index contributed by atoms with van der Waals surface area (Å²) in [4.78, 5) is 28.6. The van der Waals surface area contributed by atoms with Crippen LogP contribution in [0.3, 0.4) is 0 Å². The van der Waals surface area contributed by atoms with Gasteiger partial charge >= 0.3 is 0 Å². The molecule has 2 aromatic rings. The van der Waals surface area contributed by atoms with Crippen LogP contribution < -0.4 is 14.4 Å². The van der Waals surface area contributed by atoms with Crippen LogP contribution in [0.2, 0.25) is 0 Å². The van der Waals surface area contributed by atoms with Gasteiger partial charge < -0.3 is 19.4 Å². The summed E-state index contributed by atoms with van der Waals surface area (Å²) in [6.45, 7) is 12.5. The zero-order valence-corrected chi connectivity index (χ0v) is 28.9. The van der Waals surface area contributed by atoms with Crippen molar-refractivity contribution in [1.29, 1.82) is 0 Å². The minimum absolute atomic E-state index is 0.0362. The maximum Gasteiger partial charge on any atom is 0.279 e. The Morgan fingerprint density at radius 2 is 1.79 bits per heavy atom. The van der Waals surface area contributed by atoms with Gasteiger partial charge in [0.1, 0.15) is 17.9 Å². The first-order valence-electron chi connectivity index (χ1n) is 17.4. The molecule has 11 nitrogen and oxygen atoms in total. The summed E-state index contributed by atoms with van der Waals surface area (Å²) in [7, 11) is -3.35. The minimum Gasteiger partial charge on any atom is -0.451 e. The number of aromatic nitrogens is 2. The molecule has 1 N–H and O–H groups in total. The van der Waals surface area contributed by atoms with Crippen molar-refractivity contribution in [3.63, 3.8) is 0 Å². The SMILES string of the molecule is CCN(C(=O)c1cc(F)ccc1Oc1cncnc1N1CC2(CCN(C[C@H]3CC[C@H](NS(=O)(=O)N4CCCC4)CC3)CC2)C1)C(C)C. The second kappa shape index (κ2) is 14.3. The summed E-state index contributed by atoms with van der Waals surface area (Å²) < 4.78 is 50.5. The lowest BCUT2D eigenvalue weighted by Gasteiger charge is -2.54. The van der Waals surface area contributed by atoms with Gasteiger partial charge in [-0.1, -0.05) is 0 Å². The van der Waals surface area contributed by atoms with Crippen molar-refractivity contribution in [3.05, 3.63) is 42.1 Å². The van der Waals surface area contributed by atoms with Crippen LogP contribution >= 0.6 is 0 Å². The molecule has 1 aromatic carbocycles. The third-order valence-corrected chi connectivity index (χ3v) is 12.3. The molecule has 13 heteroatoms. The molecular formula is C34H50FN7O4S. The Balaban J connectivity index is 1.00. The Kier molecular flexibility index (Phi) is 10.4. The molecule has 4 fully saturated rings. The maximum atomic E-state index is 14.3.